The van der Waals surface area contributed by atoms with Gasteiger partial charge >= 0.3 is 0 Å². The number of para-hydroxylation sites is 1. The van der Waals surface area contributed by atoms with Crippen molar-refractivity contribution < 1.29 is 4.79 Å². The van der Waals surface area contributed by atoms with E-state index in [1.165, 1.54) is 6.20 Å². The van der Waals surface area contributed by atoms with Gasteiger partial charge in [0.1, 0.15) is 6.54 Å². The summed E-state index contributed by atoms with van der Waals surface area (Å²) < 4.78 is 1.55. The number of likely N-dealkylation sites (N-methyl/N-ethyl adjacent to an activating group) is 1. The summed E-state index contributed by atoms with van der Waals surface area (Å²) in [6.45, 7) is 2.92. The van der Waals surface area contributed by atoms with Crippen LogP contribution in [0.3, 0.4) is 0 Å². The first-order valence-electron chi connectivity index (χ1n) is 8.16. The van der Waals surface area contributed by atoms with E-state index in [1.54, 1.807) is 39.9 Å². The van der Waals surface area contributed by atoms with Gasteiger partial charge in [-0.15, -0.1) is 0 Å². The summed E-state index contributed by atoms with van der Waals surface area (Å²) in [5, 5.41) is 5.60. The zero-order valence-electron chi connectivity index (χ0n) is 14.2. The average Bonchev–Trinajstić information content (AvgIpc) is 2.65. The van der Waals surface area contributed by atoms with E-state index in [-0.39, 0.29) is 17.9 Å². The lowest BCUT2D eigenvalue weighted by Gasteiger charge is -2.22. The molecule has 2 aromatic carbocycles. The normalized spacial score (nSPS) is 10.9. The quantitative estimate of drug-likeness (QED) is 0.667. The Morgan fingerprint density at radius 3 is 2.65 bits per heavy atom. The highest BCUT2D eigenvalue weighted by Gasteiger charge is 2.15. The van der Waals surface area contributed by atoms with Crippen molar-refractivity contribution in [2.24, 2.45) is 0 Å². The molecule has 0 radical (unpaired) electrons. The average molecular weight is 390 g/mol. The molecule has 3 aromatic rings. The van der Waals surface area contributed by atoms with Gasteiger partial charge in [0, 0.05) is 18.5 Å². The first-order valence-corrected chi connectivity index (χ1v) is 8.91. The van der Waals surface area contributed by atoms with Crippen LogP contribution in [0.5, 0.6) is 0 Å². The van der Waals surface area contributed by atoms with E-state index in [9.17, 15) is 9.59 Å². The zero-order valence-corrected chi connectivity index (χ0v) is 15.7. The minimum Gasteiger partial charge on any atom is -0.337 e. The van der Waals surface area contributed by atoms with E-state index >= 15 is 0 Å². The van der Waals surface area contributed by atoms with Crippen LogP contribution in [0.15, 0.2) is 53.5 Å². The monoisotopic (exact) mass is 389 g/mol. The third kappa shape index (κ3) is 3.89. The molecule has 1 aromatic heterocycles. The summed E-state index contributed by atoms with van der Waals surface area (Å²) in [5.41, 5.74) is 1.37. The SMILES string of the molecule is CCN(Cc1ccc(Cl)c(Cl)c1)C(=O)Cn1ncc(=O)c2ccccc21. The molecule has 0 saturated carbocycles. The van der Waals surface area contributed by atoms with Gasteiger partial charge in [0.15, 0.2) is 0 Å². The van der Waals surface area contributed by atoms with Crippen LogP contribution in [0.4, 0.5) is 0 Å². The molecule has 0 saturated heterocycles. The number of fused-ring (bicyclic) bond motifs is 1. The lowest BCUT2D eigenvalue weighted by atomic mass is 10.2. The molecule has 0 fully saturated rings. The van der Waals surface area contributed by atoms with Crippen molar-refractivity contribution in [1.82, 2.24) is 14.7 Å². The fourth-order valence-corrected chi connectivity index (χ4v) is 3.07. The van der Waals surface area contributed by atoms with E-state index in [0.717, 1.165) is 5.56 Å². The smallest absolute Gasteiger partial charge is 0.244 e. The summed E-state index contributed by atoms with van der Waals surface area (Å²) in [5.74, 6) is -0.0973. The number of nitrogens with zero attached hydrogens (tertiary/aromatic N) is 3. The minimum absolute atomic E-state index is 0.0515. The number of rotatable bonds is 5. The number of amides is 1. The third-order valence-electron chi connectivity index (χ3n) is 4.14. The van der Waals surface area contributed by atoms with Gasteiger partial charge in [-0.2, -0.15) is 5.10 Å². The summed E-state index contributed by atoms with van der Waals surface area (Å²) in [6, 6.07) is 12.4. The minimum atomic E-state index is -0.160. The third-order valence-corrected chi connectivity index (χ3v) is 4.88. The molecule has 0 unspecified atom stereocenters. The molecule has 0 spiro atoms. The highest BCUT2D eigenvalue weighted by molar-refractivity contribution is 6.42. The van der Waals surface area contributed by atoms with Gasteiger partial charge in [0.2, 0.25) is 11.3 Å². The summed E-state index contributed by atoms with van der Waals surface area (Å²) in [7, 11) is 0. The van der Waals surface area contributed by atoms with Crippen LogP contribution < -0.4 is 5.43 Å². The molecule has 3 rings (SSSR count). The highest BCUT2D eigenvalue weighted by atomic mass is 35.5. The first-order chi connectivity index (χ1) is 12.5. The summed E-state index contributed by atoms with van der Waals surface area (Å²) in [6.07, 6.45) is 1.24. The van der Waals surface area contributed by atoms with Crippen LogP contribution in [0.25, 0.3) is 10.9 Å². The van der Waals surface area contributed by atoms with E-state index in [0.29, 0.717) is 34.0 Å². The second kappa shape index (κ2) is 7.89. The maximum Gasteiger partial charge on any atom is 0.244 e. The Labute approximate surface area is 160 Å². The van der Waals surface area contributed by atoms with E-state index in [1.807, 2.05) is 19.1 Å². The number of hydrogen-bond acceptors (Lipinski definition) is 3. The molecular weight excluding hydrogens is 373 g/mol. The van der Waals surface area contributed by atoms with Gasteiger partial charge in [-0.05, 0) is 36.8 Å². The van der Waals surface area contributed by atoms with Crippen molar-refractivity contribution >= 4 is 40.0 Å². The standard InChI is InChI=1S/C19H17Cl2N3O2/c1-2-23(11-13-7-8-15(20)16(21)9-13)19(26)12-24-17-6-4-3-5-14(17)18(25)10-22-24/h3-10H,2,11-12H2,1H3. The molecule has 0 aliphatic rings. The molecule has 0 bridgehead atoms. The molecular formula is C19H17Cl2N3O2. The van der Waals surface area contributed by atoms with Crippen molar-refractivity contribution in [2.75, 3.05) is 6.54 Å². The first kappa shape index (κ1) is 18.4. The van der Waals surface area contributed by atoms with Crippen molar-refractivity contribution in [1.29, 1.82) is 0 Å². The molecule has 134 valence electrons. The van der Waals surface area contributed by atoms with Crippen molar-refractivity contribution in [2.45, 2.75) is 20.0 Å². The van der Waals surface area contributed by atoms with E-state index in [2.05, 4.69) is 5.10 Å². The number of halogens is 2. The Morgan fingerprint density at radius 1 is 1.15 bits per heavy atom. The topological polar surface area (TPSA) is 55.2 Å². The van der Waals surface area contributed by atoms with Crippen molar-refractivity contribution in [3.63, 3.8) is 0 Å². The Balaban J connectivity index is 1.83. The van der Waals surface area contributed by atoms with Crippen molar-refractivity contribution in [3.8, 4) is 0 Å². The molecule has 0 aliphatic carbocycles. The molecule has 5 nitrogen and oxygen atoms in total. The van der Waals surface area contributed by atoms with Gasteiger partial charge in [0.25, 0.3) is 0 Å². The lowest BCUT2D eigenvalue weighted by molar-refractivity contribution is -0.132. The fourth-order valence-electron chi connectivity index (χ4n) is 2.75. The molecule has 0 aliphatic heterocycles. The fraction of sp³-hybridized carbons (Fsp3) is 0.211. The van der Waals surface area contributed by atoms with E-state index < -0.39 is 0 Å². The lowest BCUT2D eigenvalue weighted by Crippen LogP contribution is -2.34. The van der Waals surface area contributed by atoms with Crippen LogP contribution in [-0.4, -0.2) is 27.1 Å². The molecule has 1 amide bonds. The largest absolute Gasteiger partial charge is 0.337 e. The predicted molar refractivity (Wildman–Crippen MR) is 104 cm³/mol. The van der Waals surface area contributed by atoms with Gasteiger partial charge in [-0.1, -0.05) is 41.4 Å². The second-order valence-corrected chi connectivity index (χ2v) is 6.65. The van der Waals surface area contributed by atoms with Gasteiger partial charge in [-0.25, -0.2) is 0 Å². The van der Waals surface area contributed by atoms with Crippen LogP contribution >= 0.6 is 23.2 Å². The van der Waals surface area contributed by atoms with Crippen LogP contribution in [0.2, 0.25) is 10.0 Å². The second-order valence-electron chi connectivity index (χ2n) is 5.84. The molecule has 1 heterocycles. The molecule has 7 heteroatoms. The molecule has 26 heavy (non-hydrogen) atoms. The van der Waals surface area contributed by atoms with Gasteiger partial charge in [-0.3, -0.25) is 14.3 Å². The zero-order chi connectivity index (χ0) is 18.7. The number of hydrogen-bond donors (Lipinski definition) is 0. The number of carbonyl (C=O) groups excluding carboxylic acids is 1. The maximum atomic E-state index is 12.8. The Bertz CT molecular complexity index is 1020. The highest BCUT2D eigenvalue weighted by Crippen LogP contribution is 2.23. The van der Waals surface area contributed by atoms with Crippen molar-refractivity contribution in [3.05, 3.63) is 74.5 Å². The number of benzene rings is 2. The van der Waals surface area contributed by atoms with Crippen LogP contribution in [-0.2, 0) is 17.9 Å². The van der Waals surface area contributed by atoms with Gasteiger partial charge < -0.3 is 4.90 Å². The number of carbonyl (C=O) groups is 1. The number of aromatic nitrogens is 2. The molecule has 0 atom stereocenters. The van der Waals surface area contributed by atoms with Crippen LogP contribution in [0, 0.1) is 0 Å². The summed E-state index contributed by atoms with van der Waals surface area (Å²) in [4.78, 5) is 26.4. The van der Waals surface area contributed by atoms with Gasteiger partial charge in [0.05, 0.1) is 21.8 Å². The Kier molecular flexibility index (Phi) is 5.59. The van der Waals surface area contributed by atoms with E-state index in [4.69, 9.17) is 23.2 Å². The van der Waals surface area contributed by atoms with Crippen LogP contribution in [0.1, 0.15) is 12.5 Å². The predicted octanol–water partition coefficient (Wildman–Crippen LogP) is 3.75. The summed E-state index contributed by atoms with van der Waals surface area (Å²) >= 11 is 12.0. The maximum absolute atomic E-state index is 12.8. The Morgan fingerprint density at radius 2 is 1.92 bits per heavy atom. The Hall–Kier alpha value is -2.37. The molecule has 0 N–H and O–H groups in total.